The lowest BCUT2D eigenvalue weighted by atomic mass is 10.0. The highest BCUT2D eigenvalue weighted by Crippen LogP contribution is 2.45. The third-order valence-electron chi connectivity index (χ3n) is 17.8. The lowest BCUT2D eigenvalue weighted by Gasteiger charge is -2.21. The molecule has 96 heavy (non-hydrogen) atoms. The number of hydrogen-bond donors (Lipinski definition) is 3. The molecule has 3 N–H and O–H groups in total. The number of phosphoric ester groups is 2. The Morgan fingerprint density at radius 3 is 0.646 bits per heavy atom. The van der Waals surface area contributed by atoms with Gasteiger partial charge in [-0.15, -0.1) is 0 Å². The van der Waals surface area contributed by atoms with Crippen molar-refractivity contribution in [1.29, 1.82) is 0 Å². The number of phosphoric acid groups is 2. The summed E-state index contributed by atoms with van der Waals surface area (Å²) in [5, 5.41) is 10.6. The molecule has 0 fully saturated rings. The smallest absolute Gasteiger partial charge is 0.462 e. The van der Waals surface area contributed by atoms with Gasteiger partial charge in [0.15, 0.2) is 12.2 Å². The summed E-state index contributed by atoms with van der Waals surface area (Å²) in [5.74, 6) is 0.929. The van der Waals surface area contributed by atoms with Crippen molar-refractivity contribution >= 4 is 39.5 Å². The predicted molar refractivity (Wildman–Crippen MR) is 391 cm³/mol. The summed E-state index contributed by atoms with van der Waals surface area (Å²) in [7, 11) is -9.92. The average Bonchev–Trinajstić information content (AvgIpc) is 1.12. The van der Waals surface area contributed by atoms with Gasteiger partial charge in [0.05, 0.1) is 26.4 Å². The Hall–Kier alpha value is -1.94. The molecule has 0 saturated heterocycles. The number of ether oxygens (including phenoxy) is 4. The summed E-state index contributed by atoms with van der Waals surface area (Å²) < 4.78 is 68.6. The lowest BCUT2D eigenvalue weighted by Crippen LogP contribution is -2.30. The summed E-state index contributed by atoms with van der Waals surface area (Å²) in [5.41, 5.74) is 0. The number of esters is 4. The van der Waals surface area contributed by atoms with E-state index in [9.17, 15) is 43.2 Å². The maximum atomic E-state index is 13.1. The molecule has 0 amide bonds. The molecule has 0 aromatic carbocycles. The molecule has 0 aliphatic carbocycles. The molecule has 17 nitrogen and oxygen atoms in total. The van der Waals surface area contributed by atoms with Crippen molar-refractivity contribution in [3.63, 3.8) is 0 Å². The Kier molecular flexibility index (Phi) is 65.0. The molecule has 0 radical (unpaired) electrons. The third kappa shape index (κ3) is 70.5. The molecular weight excluding hydrogens is 1260 g/mol. The fourth-order valence-electron chi connectivity index (χ4n) is 11.7. The van der Waals surface area contributed by atoms with E-state index in [0.29, 0.717) is 31.6 Å². The van der Waals surface area contributed by atoms with Gasteiger partial charge in [-0.05, 0) is 49.4 Å². The van der Waals surface area contributed by atoms with Crippen molar-refractivity contribution in [2.45, 2.75) is 408 Å². The maximum Gasteiger partial charge on any atom is 0.472 e. The fraction of sp³-hybridized carbons (Fsp3) is 0.948. The highest BCUT2D eigenvalue weighted by molar-refractivity contribution is 7.47. The maximum absolute atomic E-state index is 13.1. The first-order chi connectivity index (χ1) is 46.1. The first-order valence-corrected chi connectivity index (χ1v) is 42.7. The van der Waals surface area contributed by atoms with E-state index < -0.39 is 97.5 Å². The molecule has 0 aliphatic rings. The highest BCUT2D eigenvalue weighted by atomic mass is 31.2. The van der Waals surface area contributed by atoms with Gasteiger partial charge in [-0.2, -0.15) is 0 Å². The Morgan fingerprint density at radius 1 is 0.260 bits per heavy atom. The normalized spacial score (nSPS) is 14.1. The Morgan fingerprint density at radius 2 is 0.438 bits per heavy atom. The van der Waals surface area contributed by atoms with E-state index in [2.05, 4.69) is 55.4 Å². The Balaban J connectivity index is 5.25. The number of carbonyl (C=O) groups excluding carboxylic acids is 4. The van der Waals surface area contributed by atoms with Crippen LogP contribution in [0.25, 0.3) is 0 Å². The van der Waals surface area contributed by atoms with E-state index in [1.54, 1.807) is 0 Å². The van der Waals surface area contributed by atoms with E-state index in [4.69, 9.17) is 37.0 Å². The van der Waals surface area contributed by atoms with Crippen LogP contribution in [0.4, 0.5) is 0 Å². The number of rotatable bonds is 74. The molecule has 0 aromatic rings. The van der Waals surface area contributed by atoms with Crippen molar-refractivity contribution in [2.75, 3.05) is 39.6 Å². The highest BCUT2D eigenvalue weighted by Gasteiger charge is 2.30. The van der Waals surface area contributed by atoms with E-state index in [0.717, 1.165) is 114 Å². The molecule has 3 unspecified atom stereocenters. The van der Waals surface area contributed by atoms with Gasteiger partial charge in [0, 0.05) is 25.7 Å². The second kappa shape index (κ2) is 66.3. The third-order valence-corrected chi connectivity index (χ3v) is 19.7. The van der Waals surface area contributed by atoms with Gasteiger partial charge in [0.1, 0.15) is 19.3 Å². The Labute approximate surface area is 588 Å². The largest absolute Gasteiger partial charge is 0.472 e. The molecule has 0 aromatic heterocycles. The molecule has 0 aliphatic heterocycles. The minimum atomic E-state index is -4.96. The number of carbonyl (C=O) groups is 4. The zero-order valence-electron chi connectivity index (χ0n) is 63.0. The number of unbranched alkanes of at least 4 members (excludes halogenated alkanes) is 40. The van der Waals surface area contributed by atoms with E-state index in [1.807, 2.05) is 0 Å². The molecule has 570 valence electrons. The van der Waals surface area contributed by atoms with Gasteiger partial charge in [0.25, 0.3) is 0 Å². The van der Waals surface area contributed by atoms with E-state index in [-0.39, 0.29) is 25.7 Å². The second-order valence-corrected chi connectivity index (χ2v) is 32.6. The standard InChI is InChI=1S/C77H150O17P2/c1-67(2)53-45-37-29-22-16-11-9-10-12-19-26-34-43-51-59-76(81)94-73(64-88-75(80)58-50-42-36-28-32-40-48-56-70(7)8)66-92-96(85,86)90-62-71(78)61-89-95(83,84)91-65-72(63-87-74(79)57-49-41-33-25-21-15-18-24-31-39-47-55-69(5)6)93-77(82)60-52-44-35-27-20-14-13-17-23-30-38-46-54-68(3)4/h67-73,78H,9-66H2,1-8H3,(H,83,84)(H,85,86)/t71?,72-,73-/m1/s1. The zero-order chi connectivity index (χ0) is 71.0. The first-order valence-electron chi connectivity index (χ1n) is 39.7. The number of hydrogen-bond acceptors (Lipinski definition) is 15. The number of aliphatic hydroxyl groups is 1. The first kappa shape index (κ1) is 94.1. The van der Waals surface area contributed by atoms with Crippen LogP contribution in [0.1, 0.15) is 389 Å². The summed E-state index contributed by atoms with van der Waals surface area (Å²) >= 11 is 0. The van der Waals surface area contributed by atoms with E-state index in [1.165, 1.54) is 186 Å². The molecule has 19 heteroatoms. The van der Waals surface area contributed by atoms with Crippen molar-refractivity contribution in [3.8, 4) is 0 Å². The van der Waals surface area contributed by atoms with Crippen LogP contribution in [-0.4, -0.2) is 96.7 Å². The minimum Gasteiger partial charge on any atom is -0.462 e. The van der Waals surface area contributed by atoms with Crippen molar-refractivity contribution in [1.82, 2.24) is 0 Å². The average molecular weight is 1410 g/mol. The van der Waals surface area contributed by atoms with Gasteiger partial charge >= 0.3 is 39.5 Å². The topological polar surface area (TPSA) is 237 Å². The van der Waals surface area contributed by atoms with Crippen LogP contribution >= 0.6 is 15.6 Å². The fourth-order valence-corrected chi connectivity index (χ4v) is 13.3. The van der Waals surface area contributed by atoms with Gasteiger partial charge in [-0.1, -0.05) is 338 Å². The van der Waals surface area contributed by atoms with Crippen LogP contribution < -0.4 is 0 Å². The quantitative estimate of drug-likeness (QED) is 0.0222. The van der Waals surface area contributed by atoms with Crippen LogP contribution in [0.15, 0.2) is 0 Å². The van der Waals surface area contributed by atoms with E-state index >= 15 is 0 Å². The van der Waals surface area contributed by atoms with Gasteiger partial charge < -0.3 is 33.8 Å². The van der Waals surface area contributed by atoms with Gasteiger partial charge in [-0.25, -0.2) is 9.13 Å². The molecule has 5 atom stereocenters. The number of aliphatic hydroxyl groups excluding tert-OH is 1. The molecular formula is C77H150O17P2. The van der Waals surface area contributed by atoms with Gasteiger partial charge in [-0.3, -0.25) is 37.3 Å². The van der Waals surface area contributed by atoms with Crippen LogP contribution in [0.5, 0.6) is 0 Å². The predicted octanol–water partition coefficient (Wildman–Crippen LogP) is 22.4. The molecule has 0 rings (SSSR count). The molecule has 0 saturated carbocycles. The van der Waals surface area contributed by atoms with Crippen LogP contribution in [0.3, 0.4) is 0 Å². The summed E-state index contributed by atoms with van der Waals surface area (Å²) in [6.07, 6.45) is 51.3. The summed E-state index contributed by atoms with van der Waals surface area (Å²) in [4.78, 5) is 72.9. The SMILES string of the molecule is CC(C)CCCCCCCCCCCCCCCCC(=O)O[C@H](COC(=O)CCCCCCCCCC(C)C)COP(=O)(O)OCC(O)COP(=O)(O)OC[C@@H](COC(=O)CCCCCCCCCCCCCC(C)C)OC(=O)CCCCCCCCCCCCCCC(C)C. The van der Waals surface area contributed by atoms with Crippen LogP contribution in [0, 0.1) is 23.7 Å². The summed E-state index contributed by atoms with van der Waals surface area (Å²) in [6.45, 7) is 14.2. The molecule has 0 heterocycles. The minimum absolute atomic E-state index is 0.106. The Bertz CT molecular complexity index is 1880. The molecule has 0 spiro atoms. The zero-order valence-corrected chi connectivity index (χ0v) is 64.8. The van der Waals surface area contributed by atoms with Gasteiger partial charge in [0.2, 0.25) is 0 Å². The lowest BCUT2D eigenvalue weighted by molar-refractivity contribution is -0.161. The molecule has 0 bridgehead atoms. The van der Waals surface area contributed by atoms with Crippen molar-refractivity contribution in [3.05, 3.63) is 0 Å². The second-order valence-electron chi connectivity index (χ2n) is 29.7. The van der Waals surface area contributed by atoms with Crippen LogP contribution in [-0.2, 0) is 65.4 Å². The van der Waals surface area contributed by atoms with Crippen LogP contribution in [0.2, 0.25) is 0 Å². The monoisotopic (exact) mass is 1410 g/mol. The summed E-state index contributed by atoms with van der Waals surface area (Å²) in [6, 6.07) is 0. The van der Waals surface area contributed by atoms with Crippen molar-refractivity contribution in [2.24, 2.45) is 23.7 Å². The van der Waals surface area contributed by atoms with Crippen molar-refractivity contribution < 1.29 is 80.2 Å².